The highest BCUT2D eigenvalue weighted by Gasteiger charge is 2.18. The molecular weight excluding hydrogens is 393 g/mol. The van der Waals surface area contributed by atoms with Crippen molar-refractivity contribution in [1.82, 2.24) is 9.88 Å². The number of nitrogens with two attached hydrogens (primary N) is 1. The highest BCUT2D eigenvalue weighted by molar-refractivity contribution is 7.89. The minimum atomic E-state index is -3.72. The standard InChI is InChI=1S/C21H22FN3O3S/c1-14-13-18(15(2)25(14)20-6-4-3-5-19(20)22)21(26)24-12-11-16-7-9-17(10-8-16)29(23,27)28/h3-10,13H,11-12H2,1-2H3,(H,24,26)(H2,23,27,28). The van der Waals surface area contributed by atoms with Crippen LogP contribution in [0.5, 0.6) is 0 Å². The Morgan fingerprint density at radius 3 is 2.38 bits per heavy atom. The molecule has 29 heavy (non-hydrogen) atoms. The lowest BCUT2D eigenvalue weighted by atomic mass is 10.1. The number of sulfonamides is 1. The van der Waals surface area contributed by atoms with Gasteiger partial charge in [0.25, 0.3) is 5.91 Å². The van der Waals surface area contributed by atoms with Gasteiger partial charge in [0.05, 0.1) is 16.1 Å². The second-order valence-electron chi connectivity index (χ2n) is 6.77. The lowest BCUT2D eigenvalue weighted by Crippen LogP contribution is -2.26. The fraction of sp³-hybridized carbons (Fsp3) is 0.190. The molecule has 0 atom stereocenters. The molecule has 152 valence electrons. The first-order valence-corrected chi connectivity index (χ1v) is 10.6. The number of aromatic nitrogens is 1. The monoisotopic (exact) mass is 415 g/mol. The third kappa shape index (κ3) is 4.55. The molecule has 3 aromatic rings. The van der Waals surface area contributed by atoms with E-state index in [9.17, 15) is 17.6 Å². The van der Waals surface area contributed by atoms with E-state index in [0.29, 0.717) is 29.9 Å². The van der Waals surface area contributed by atoms with Crippen LogP contribution in [-0.4, -0.2) is 25.4 Å². The quantitative estimate of drug-likeness (QED) is 0.648. The Morgan fingerprint density at radius 2 is 1.76 bits per heavy atom. The summed E-state index contributed by atoms with van der Waals surface area (Å²) in [5, 5.41) is 7.93. The van der Waals surface area contributed by atoms with Gasteiger partial charge in [-0.15, -0.1) is 0 Å². The molecule has 0 radical (unpaired) electrons. The van der Waals surface area contributed by atoms with Gasteiger partial charge in [0.15, 0.2) is 0 Å². The molecule has 0 spiro atoms. The van der Waals surface area contributed by atoms with Crippen LogP contribution in [0.15, 0.2) is 59.5 Å². The fourth-order valence-electron chi connectivity index (χ4n) is 3.26. The summed E-state index contributed by atoms with van der Waals surface area (Å²) in [6.07, 6.45) is 0.530. The van der Waals surface area contributed by atoms with Crippen LogP contribution in [0, 0.1) is 19.7 Å². The number of primary sulfonamides is 1. The van der Waals surface area contributed by atoms with E-state index >= 15 is 0 Å². The minimum Gasteiger partial charge on any atom is -0.352 e. The lowest BCUT2D eigenvalue weighted by molar-refractivity contribution is 0.0953. The first-order chi connectivity index (χ1) is 13.7. The summed E-state index contributed by atoms with van der Waals surface area (Å²) < 4.78 is 38.5. The molecule has 3 N–H and O–H groups in total. The molecule has 1 heterocycles. The van der Waals surface area contributed by atoms with E-state index in [0.717, 1.165) is 11.3 Å². The van der Waals surface area contributed by atoms with Crippen LogP contribution in [-0.2, 0) is 16.4 Å². The lowest BCUT2D eigenvalue weighted by Gasteiger charge is -2.11. The van der Waals surface area contributed by atoms with Crippen molar-refractivity contribution in [3.05, 3.63) is 82.9 Å². The van der Waals surface area contributed by atoms with E-state index in [2.05, 4.69) is 5.32 Å². The van der Waals surface area contributed by atoms with Gasteiger partial charge in [0.2, 0.25) is 10.0 Å². The van der Waals surface area contributed by atoms with Crippen LogP contribution in [0.1, 0.15) is 27.3 Å². The molecule has 3 rings (SSSR count). The van der Waals surface area contributed by atoms with Crippen molar-refractivity contribution in [2.24, 2.45) is 5.14 Å². The number of carbonyl (C=O) groups is 1. The smallest absolute Gasteiger partial charge is 0.253 e. The maximum atomic E-state index is 14.2. The number of amides is 1. The van der Waals surface area contributed by atoms with Crippen LogP contribution >= 0.6 is 0 Å². The molecule has 0 aliphatic carbocycles. The fourth-order valence-corrected chi connectivity index (χ4v) is 3.77. The average molecular weight is 415 g/mol. The van der Waals surface area contributed by atoms with Crippen molar-refractivity contribution in [3.63, 3.8) is 0 Å². The zero-order valence-electron chi connectivity index (χ0n) is 16.1. The van der Waals surface area contributed by atoms with Crippen molar-refractivity contribution in [1.29, 1.82) is 0 Å². The Morgan fingerprint density at radius 1 is 1.10 bits per heavy atom. The molecule has 0 aliphatic heterocycles. The molecule has 0 saturated carbocycles. The van der Waals surface area contributed by atoms with Gasteiger partial charge in [-0.3, -0.25) is 4.79 Å². The van der Waals surface area contributed by atoms with Crippen molar-refractivity contribution >= 4 is 15.9 Å². The predicted octanol–water partition coefficient (Wildman–Crippen LogP) is 2.85. The highest BCUT2D eigenvalue weighted by Crippen LogP contribution is 2.22. The molecule has 0 saturated heterocycles. The zero-order valence-corrected chi connectivity index (χ0v) is 17.0. The molecule has 0 bridgehead atoms. The zero-order chi connectivity index (χ0) is 21.2. The molecule has 6 nitrogen and oxygen atoms in total. The minimum absolute atomic E-state index is 0.0471. The van der Waals surface area contributed by atoms with Crippen LogP contribution in [0.3, 0.4) is 0 Å². The van der Waals surface area contributed by atoms with Crippen molar-refractivity contribution < 1.29 is 17.6 Å². The first kappa shape index (κ1) is 20.8. The average Bonchev–Trinajstić information content (AvgIpc) is 2.96. The van der Waals surface area contributed by atoms with Crippen molar-refractivity contribution in [2.45, 2.75) is 25.2 Å². The molecular formula is C21H22FN3O3S. The molecule has 0 aliphatic rings. The SMILES string of the molecule is Cc1cc(C(=O)NCCc2ccc(S(N)(=O)=O)cc2)c(C)n1-c1ccccc1F. The Balaban J connectivity index is 1.69. The summed E-state index contributed by atoms with van der Waals surface area (Å²) in [7, 11) is -3.72. The summed E-state index contributed by atoms with van der Waals surface area (Å²) in [4.78, 5) is 12.7. The van der Waals surface area contributed by atoms with E-state index in [-0.39, 0.29) is 16.6 Å². The van der Waals surface area contributed by atoms with E-state index in [1.54, 1.807) is 47.9 Å². The van der Waals surface area contributed by atoms with E-state index in [1.807, 2.05) is 6.92 Å². The largest absolute Gasteiger partial charge is 0.352 e. The summed E-state index contributed by atoms with van der Waals surface area (Å²) in [6, 6.07) is 14.4. The molecule has 1 amide bonds. The summed E-state index contributed by atoms with van der Waals surface area (Å²) in [6.45, 7) is 3.97. The van der Waals surface area contributed by atoms with Gasteiger partial charge in [-0.1, -0.05) is 24.3 Å². The number of halogens is 1. The summed E-state index contributed by atoms with van der Waals surface area (Å²) in [5.41, 5.74) is 3.17. The van der Waals surface area contributed by atoms with Gasteiger partial charge >= 0.3 is 0 Å². The number of para-hydroxylation sites is 1. The van der Waals surface area contributed by atoms with Gasteiger partial charge in [-0.25, -0.2) is 17.9 Å². The van der Waals surface area contributed by atoms with Gasteiger partial charge in [0, 0.05) is 17.9 Å². The van der Waals surface area contributed by atoms with Gasteiger partial charge < -0.3 is 9.88 Å². The van der Waals surface area contributed by atoms with Crippen LogP contribution in [0.4, 0.5) is 4.39 Å². The summed E-state index contributed by atoms with van der Waals surface area (Å²) >= 11 is 0. The number of nitrogens with zero attached hydrogens (tertiary/aromatic N) is 1. The second kappa shape index (κ2) is 8.18. The Labute approximate surface area is 169 Å². The van der Waals surface area contributed by atoms with E-state index in [1.165, 1.54) is 18.2 Å². The highest BCUT2D eigenvalue weighted by atomic mass is 32.2. The Bertz CT molecular complexity index is 1150. The van der Waals surface area contributed by atoms with E-state index < -0.39 is 10.0 Å². The predicted molar refractivity (Wildman–Crippen MR) is 109 cm³/mol. The van der Waals surface area contributed by atoms with Crippen LogP contribution in [0.25, 0.3) is 5.69 Å². The number of aryl methyl sites for hydroxylation is 1. The van der Waals surface area contributed by atoms with Gasteiger partial charge in [0.1, 0.15) is 5.82 Å². The summed E-state index contributed by atoms with van der Waals surface area (Å²) in [5.74, 6) is -0.606. The Hall–Kier alpha value is -2.97. The Kier molecular flexibility index (Phi) is 5.86. The van der Waals surface area contributed by atoms with Crippen LogP contribution in [0.2, 0.25) is 0 Å². The first-order valence-electron chi connectivity index (χ1n) is 9.02. The molecule has 2 aromatic carbocycles. The van der Waals surface area contributed by atoms with Gasteiger partial charge in [-0.05, 0) is 56.2 Å². The number of hydrogen-bond donors (Lipinski definition) is 2. The number of benzene rings is 2. The van der Waals surface area contributed by atoms with Crippen LogP contribution < -0.4 is 10.5 Å². The third-order valence-electron chi connectivity index (χ3n) is 4.72. The maximum Gasteiger partial charge on any atom is 0.253 e. The third-order valence-corrected chi connectivity index (χ3v) is 5.65. The maximum absolute atomic E-state index is 14.2. The van der Waals surface area contributed by atoms with E-state index in [4.69, 9.17) is 5.14 Å². The second-order valence-corrected chi connectivity index (χ2v) is 8.33. The number of hydrogen-bond acceptors (Lipinski definition) is 3. The van der Waals surface area contributed by atoms with Gasteiger partial charge in [-0.2, -0.15) is 0 Å². The number of nitrogens with one attached hydrogen (secondary N) is 1. The number of rotatable bonds is 6. The normalized spacial score (nSPS) is 11.4. The molecule has 8 heteroatoms. The molecule has 0 fully saturated rings. The molecule has 0 unspecified atom stereocenters. The topological polar surface area (TPSA) is 94.2 Å². The molecule has 1 aromatic heterocycles. The van der Waals surface area contributed by atoms with Crippen molar-refractivity contribution in [3.8, 4) is 5.69 Å². The van der Waals surface area contributed by atoms with Crippen molar-refractivity contribution in [2.75, 3.05) is 6.54 Å². The number of carbonyl (C=O) groups excluding carboxylic acids is 1.